The monoisotopic (exact) mass is 536 g/mol. The molecule has 1 atom stereocenters. The van der Waals surface area contributed by atoms with E-state index in [1.54, 1.807) is 19.0 Å². The van der Waals surface area contributed by atoms with Crippen molar-refractivity contribution in [3.05, 3.63) is 63.7 Å². The minimum atomic E-state index is -0.746. The van der Waals surface area contributed by atoms with Crippen molar-refractivity contribution >= 4 is 23.2 Å². The minimum absolute atomic E-state index is 0.0236. The molecule has 2 aromatic carbocycles. The molecule has 0 unspecified atom stereocenters. The molecule has 1 aliphatic carbocycles. The molecule has 8 heteroatoms. The number of hydrogen-bond donors (Lipinski definition) is 1. The second-order valence-corrected chi connectivity index (χ2v) is 10.9. The highest BCUT2D eigenvalue weighted by atomic mass is 32.1. The number of fused-ring (bicyclic) bond motifs is 1. The lowest BCUT2D eigenvalue weighted by atomic mass is 9.98. The Balaban J connectivity index is 1.33. The zero-order valence-corrected chi connectivity index (χ0v) is 23.4. The van der Waals surface area contributed by atoms with Gasteiger partial charge in [-0.15, -0.1) is 11.3 Å². The molecular formula is C30H36N2O5S. The number of ether oxygens (including phenoxy) is 2. The molecule has 202 valence electrons. The summed E-state index contributed by atoms with van der Waals surface area (Å²) in [5.41, 5.74) is 5.22. The van der Waals surface area contributed by atoms with Crippen LogP contribution >= 0.6 is 11.3 Å². The highest BCUT2D eigenvalue weighted by molar-refractivity contribution is 7.17. The molecule has 7 nitrogen and oxygen atoms in total. The number of hydrogen-bond acceptors (Lipinski definition) is 6. The van der Waals surface area contributed by atoms with Crippen molar-refractivity contribution in [3.8, 4) is 22.1 Å². The van der Waals surface area contributed by atoms with Gasteiger partial charge in [-0.1, -0.05) is 19.4 Å². The molecule has 0 radical (unpaired) electrons. The second kappa shape index (κ2) is 12.4. The van der Waals surface area contributed by atoms with Gasteiger partial charge < -0.3 is 19.5 Å². The van der Waals surface area contributed by atoms with Crippen molar-refractivity contribution in [2.45, 2.75) is 58.3 Å². The standard InChI is InChI=1S/C30H36N2O5S/c1-5-7-22-16-23(29-31-19(2)28(38-29)30(35)32(3)4)10-13-26(22)37-15-6-14-36-24-11-12-25-20(17-24)8-9-21(25)18-27(33)34/h10-13,16-17,21H,5-9,14-15,18H2,1-4H3,(H,33,34)/t21-/m0/s1. The molecule has 38 heavy (non-hydrogen) atoms. The fourth-order valence-electron chi connectivity index (χ4n) is 4.87. The third kappa shape index (κ3) is 6.54. The molecule has 4 rings (SSSR count). The number of carboxylic acids is 1. The fourth-order valence-corrected chi connectivity index (χ4v) is 5.95. The first-order valence-corrected chi connectivity index (χ1v) is 14.0. The molecule has 0 bridgehead atoms. The summed E-state index contributed by atoms with van der Waals surface area (Å²) in [4.78, 5) is 30.4. The number of carbonyl (C=O) groups excluding carboxylic acids is 1. The molecule has 0 spiro atoms. The van der Waals surface area contributed by atoms with Crippen LogP contribution in [0, 0.1) is 6.92 Å². The number of nitrogens with zero attached hydrogens (tertiary/aromatic N) is 2. The molecule has 0 saturated carbocycles. The average molecular weight is 537 g/mol. The SMILES string of the molecule is CCCc1cc(-c2nc(C)c(C(=O)N(C)C)s2)ccc1OCCCOc1ccc2c(c1)CC[C@H]2CC(=O)O. The molecule has 1 heterocycles. The van der Waals surface area contributed by atoms with Crippen molar-refractivity contribution in [2.75, 3.05) is 27.3 Å². The van der Waals surface area contributed by atoms with Gasteiger partial charge in [-0.25, -0.2) is 4.98 Å². The van der Waals surface area contributed by atoms with E-state index in [1.165, 1.54) is 16.9 Å². The number of aliphatic carboxylic acids is 1. The summed E-state index contributed by atoms with van der Waals surface area (Å²) in [6.07, 6.45) is 4.61. The Labute approximate surface area is 228 Å². The van der Waals surface area contributed by atoms with E-state index in [1.807, 2.05) is 37.3 Å². The quantitative estimate of drug-likeness (QED) is 0.280. The summed E-state index contributed by atoms with van der Waals surface area (Å²) in [5.74, 6) is 1.03. The molecule has 1 N–H and O–H groups in total. The van der Waals surface area contributed by atoms with E-state index in [2.05, 4.69) is 18.0 Å². The van der Waals surface area contributed by atoms with Gasteiger partial charge in [-0.05, 0) is 79.1 Å². The third-order valence-electron chi connectivity index (χ3n) is 6.78. The van der Waals surface area contributed by atoms with Gasteiger partial charge in [0, 0.05) is 26.1 Å². The largest absolute Gasteiger partial charge is 0.493 e. The Morgan fingerprint density at radius 2 is 1.92 bits per heavy atom. The lowest BCUT2D eigenvalue weighted by molar-refractivity contribution is -0.137. The van der Waals surface area contributed by atoms with Gasteiger partial charge in [0.15, 0.2) is 0 Å². The minimum Gasteiger partial charge on any atom is -0.493 e. The van der Waals surface area contributed by atoms with Gasteiger partial charge in [-0.2, -0.15) is 0 Å². The summed E-state index contributed by atoms with van der Waals surface area (Å²) < 4.78 is 12.1. The van der Waals surface area contributed by atoms with Crippen LogP contribution in [0.1, 0.15) is 70.6 Å². The number of rotatable bonds is 12. The first-order valence-electron chi connectivity index (χ1n) is 13.2. The Kier molecular flexibility index (Phi) is 9.05. The number of aryl methyl sites for hydroxylation is 3. The van der Waals surface area contributed by atoms with Crippen LogP contribution in [0.3, 0.4) is 0 Å². The zero-order chi connectivity index (χ0) is 27.2. The number of amides is 1. The number of carbonyl (C=O) groups is 2. The molecule has 0 aliphatic heterocycles. The van der Waals surface area contributed by atoms with Crippen molar-refractivity contribution < 1.29 is 24.2 Å². The van der Waals surface area contributed by atoms with Crippen LogP contribution in [0.2, 0.25) is 0 Å². The molecular weight excluding hydrogens is 500 g/mol. The highest BCUT2D eigenvalue weighted by Crippen LogP contribution is 2.37. The van der Waals surface area contributed by atoms with E-state index >= 15 is 0 Å². The summed E-state index contributed by atoms with van der Waals surface area (Å²) >= 11 is 1.43. The van der Waals surface area contributed by atoms with Crippen molar-refractivity contribution in [3.63, 3.8) is 0 Å². The van der Waals surface area contributed by atoms with Crippen LogP contribution in [-0.4, -0.2) is 54.2 Å². The lowest BCUT2D eigenvalue weighted by Crippen LogP contribution is -2.21. The zero-order valence-electron chi connectivity index (χ0n) is 22.6. The number of carboxylic acid groups (broad SMARTS) is 1. The van der Waals surface area contributed by atoms with Crippen molar-refractivity contribution in [1.82, 2.24) is 9.88 Å². The first kappa shape index (κ1) is 27.6. The van der Waals surface area contributed by atoms with E-state index < -0.39 is 5.97 Å². The van der Waals surface area contributed by atoms with Gasteiger partial charge >= 0.3 is 5.97 Å². The number of thiazole rings is 1. The average Bonchev–Trinajstić information content (AvgIpc) is 3.46. The first-order chi connectivity index (χ1) is 18.3. The maximum absolute atomic E-state index is 12.4. The van der Waals surface area contributed by atoms with Crippen LogP contribution in [0.25, 0.3) is 10.6 Å². The second-order valence-electron chi connectivity index (χ2n) is 9.95. The lowest BCUT2D eigenvalue weighted by Gasteiger charge is -2.13. The molecule has 0 saturated heterocycles. The van der Waals surface area contributed by atoms with Gasteiger partial charge in [0.25, 0.3) is 5.91 Å². The van der Waals surface area contributed by atoms with Crippen LogP contribution < -0.4 is 9.47 Å². The Morgan fingerprint density at radius 3 is 2.66 bits per heavy atom. The Bertz CT molecular complexity index is 1300. The van der Waals surface area contributed by atoms with Crippen molar-refractivity contribution in [2.24, 2.45) is 0 Å². The van der Waals surface area contributed by atoms with Gasteiger partial charge in [0.05, 0.1) is 25.3 Å². The number of aromatic nitrogens is 1. The van der Waals surface area contributed by atoms with Crippen LogP contribution in [-0.2, 0) is 17.6 Å². The summed E-state index contributed by atoms with van der Waals surface area (Å²) in [6.45, 7) is 5.10. The van der Waals surface area contributed by atoms with Crippen LogP contribution in [0.4, 0.5) is 0 Å². The Morgan fingerprint density at radius 1 is 1.13 bits per heavy atom. The molecule has 0 fully saturated rings. The predicted octanol–water partition coefficient (Wildman–Crippen LogP) is 6.13. The van der Waals surface area contributed by atoms with Gasteiger partial charge in [-0.3, -0.25) is 9.59 Å². The molecule has 1 amide bonds. The van der Waals surface area contributed by atoms with E-state index in [9.17, 15) is 9.59 Å². The maximum atomic E-state index is 12.4. The molecule has 1 aromatic heterocycles. The summed E-state index contributed by atoms with van der Waals surface area (Å²) in [6, 6.07) is 12.1. The van der Waals surface area contributed by atoms with E-state index in [0.29, 0.717) is 18.1 Å². The van der Waals surface area contributed by atoms with Crippen LogP contribution in [0.5, 0.6) is 11.5 Å². The summed E-state index contributed by atoms with van der Waals surface area (Å²) in [5, 5.41) is 9.95. The fraction of sp³-hybridized carbons (Fsp3) is 0.433. The molecule has 1 aliphatic rings. The van der Waals surface area contributed by atoms with Gasteiger partial charge in [0.1, 0.15) is 21.4 Å². The highest BCUT2D eigenvalue weighted by Gasteiger charge is 2.25. The number of benzene rings is 2. The summed E-state index contributed by atoms with van der Waals surface area (Å²) in [7, 11) is 3.51. The maximum Gasteiger partial charge on any atom is 0.303 e. The predicted molar refractivity (Wildman–Crippen MR) is 150 cm³/mol. The van der Waals surface area contributed by atoms with Crippen LogP contribution in [0.15, 0.2) is 36.4 Å². The topological polar surface area (TPSA) is 89.0 Å². The van der Waals surface area contributed by atoms with E-state index in [-0.39, 0.29) is 18.2 Å². The van der Waals surface area contributed by atoms with E-state index in [0.717, 1.165) is 71.0 Å². The van der Waals surface area contributed by atoms with Gasteiger partial charge in [0.2, 0.25) is 0 Å². The Hall–Kier alpha value is -3.39. The smallest absolute Gasteiger partial charge is 0.303 e. The third-order valence-corrected chi connectivity index (χ3v) is 7.97. The van der Waals surface area contributed by atoms with Crippen molar-refractivity contribution in [1.29, 1.82) is 0 Å². The molecule has 3 aromatic rings. The normalized spacial score (nSPS) is 14.3. The van der Waals surface area contributed by atoms with E-state index in [4.69, 9.17) is 14.6 Å².